The fourth-order valence-electron chi connectivity index (χ4n) is 4.56. The molecule has 2 aliphatic rings. The van der Waals surface area contributed by atoms with Gasteiger partial charge >= 0.3 is 0 Å². The zero-order valence-corrected chi connectivity index (χ0v) is 16.6. The van der Waals surface area contributed by atoms with Crippen molar-refractivity contribution in [2.24, 2.45) is 11.3 Å². The Labute approximate surface area is 156 Å². The summed E-state index contributed by atoms with van der Waals surface area (Å²) in [6.45, 7) is 7.29. The maximum Gasteiger partial charge on any atom is 0.225 e. The monoisotopic (exact) mass is 361 g/mol. The van der Waals surface area contributed by atoms with E-state index in [-0.39, 0.29) is 29.1 Å². The number of carbonyl (C=O) groups excluding carboxylic acids is 1. The van der Waals surface area contributed by atoms with Crippen molar-refractivity contribution in [3.8, 4) is 0 Å². The Hall–Kier alpha value is -1.42. The van der Waals surface area contributed by atoms with Gasteiger partial charge in [-0.15, -0.1) is 0 Å². The summed E-state index contributed by atoms with van der Waals surface area (Å²) in [5, 5.41) is 0. The van der Waals surface area contributed by atoms with Crippen molar-refractivity contribution in [3.63, 3.8) is 0 Å². The van der Waals surface area contributed by atoms with E-state index in [0.717, 1.165) is 44.1 Å². The van der Waals surface area contributed by atoms with Gasteiger partial charge in [-0.25, -0.2) is 4.39 Å². The summed E-state index contributed by atoms with van der Waals surface area (Å²) < 4.78 is 19.1. The standard InChI is InChI=1S/C22H32FNO2/c1-22(2,3)20-14-16-5-8-18(23)13-17(16)11-12-24(20)21(25)15-6-9-19(26-4)10-7-15/h5,8,13,15,19-20H,6-7,9-12,14H2,1-4H3. The average Bonchev–Trinajstić information content (AvgIpc) is 2.80. The average molecular weight is 362 g/mol. The lowest BCUT2D eigenvalue weighted by Gasteiger charge is -2.41. The molecule has 1 unspecified atom stereocenters. The van der Waals surface area contributed by atoms with Crippen LogP contribution in [0.15, 0.2) is 18.2 Å². The SMILES string of the molecule is COC1CCC(C(=O)N2CCc3cc(F)ccc3CC2C(C)(C)C)CC1. The molecule has 4 heteroatoms. The predicted molar refractivity (Wildman–Crippen MR) is 102 cm³/mol. The van der Waals surface area contributed by atoms with Crippen LogP contribution in [0.2, 0.25) is 0 Å². The summed E-state index contributed by atoms with van der Waals surface area (Å²) in [5.74, 6) is 0.200. The number of fused-ring (bicyclic) bond motifs is 1. The van der Waals surface area contributed by atoms with E-state index in [9.17, 15) is 9.18 Å². The molecule has 0 N–H and O–H groups in total. The number of halogens is 1. The van der Waals surface area contributed by atoms with Crippen molar-refractivity contribution in [3.05, 3.63) is 35.1 Å². The lowest BCUT2D eigenvalue weighted by molar-refractivity contribution is -0.142. The minimum atomic E-state index is -0.186. The van der Waals surface area contributed by atoms with Crippen molar-refractivity contribution in [2.45, 2.75) is 71.4 Å². The maximum atomic E-state index is 13.7. The second kappa shape index (κ2) is 7.67. The molecule has 0 radical (unpaired) electrons. The van der Waals surface area contributed by atoms with Gasteiger partial charge in [-0.1, -0.05) is 26.8 Å². The van der Waals surface area contributed by atoms with Gasteiger partial charge in [0, 0.05) is 25.6 Å². The summed E-state index contributed by atoms with van der Waals surface area (Å²) in [7, 11) is 1.76. The lowest BCUT2D eigenvalue weighted by Crippen LogP contribution is -2.51. The number of carbonyl (C=O) groups is 1. The first kappa shape index (κ1) is 19.3. The first-order valence-corrected chi connectivity index (χ1v) is 9.90. The van der Waals surface area contributed by atoms with Crippen molar-refractivity contribution in [1.82, 2.24) is 4.90 Å². The van der Waals surface area contributed by atoms with Gasteiger partial charge < -0.3 is 9.64 Å². The molecule has 1 saturated carbocycles. The molecule has 0 saturated heterocycles. The second-order valence-electron chi connectivity index (χ2n) is 8.99. The van der Waals surface area contributed by atoms with E-state index in [2.05, 4.69) is 25.7 Å². The summed E-state index contributed by atoms with van der Waals surface area (Å²) >= 11 is 0. The highest BCUT2D eigenvalue weighted by molar-refractivity contribution is 5.79. The van der Waals surface area contributed by atoms with Gasteiger partial charge in [0.05, 0.1) is 6.10 Å². The van der Waals surface area contributed by atoms with Gasteiger partial charge in [-0.05, 0) is 67.2 Å². The third-order valence-corrected chi connectivity index (χ3v) is 6.22. The molecule has 1 aromatic carbocycles. The molecule has 3 rings (SSSR count). The minimum Gasteiger partial charge on any atom is -0.381 e. The highest BCUT2D eigenvalue weighted by atomic mass is 19.1. The van der Waals surface area contributed by atoms with Crippen LogP contribution >= 0.6 is 0 Å². The van der Waals surface area contributed by atoms with Crippen LogP contribution in [0.3, 0.4) is 0 Å². The van der Waals surface area contributed by atoms with E-state index >= 15 is 0 Å². The Bertz CT molecular complexity index is 644. The highest BCUT2D eigenvalue weighted by Crippen LogP contribution is 2.35. The smallest absolute Gasteiger partial charge is 0.225 e. The summed E-state index contributed by atoms with van der Waals surface area (Å²) in [6, 6.07) is 5.23. The molecular formula is C22H32FNO2. The number of rotatable bonds is 2. The maximum absolute atomic E-state index is 13.7. The molecule has 3 nitrogen and oxygen atoms in total. The van der Waals surface area contributed by atoms with E-state index in [4.69, 9.17) is 4.74 Å². The second-order valence-corrected chi connectivity index (χ2v) is 8.99. The number of ether oxygens (including phenoxy) is 1. The molecule has 1 fully saturated rings. The zero-order chi connectivity index (χ0) is 18.9. The van der Waals surface area contributed by atoms with E-state index in [1.807, 2.05) is 6.07 Å². The van der Waals surface area contributed by atoms with Gasteiger partial charge in [0.1, 0.15) is 5.82 Å². The number of nitrogens with zero attached hydrogens (tertiary/aromatic N) is 1. The first-order chi connectivity index (χ1) is 12.3. The van der Waals surface area contributed by atoms with Crippen LogP contribution in [0.1, 0.15) is 57.6 Å². The predicted octanol–water partition coefficient (Wildman–Crippen LogP) is 4.37. The normalized spacial score (nSPS) is 27.0. The molecule has 1 aliphatic carbocycles. The molecule has 1 atom stereocenters. The third kappa shape index (κ3) is 4.11. The van der Waals surface area contributed by atoms with Gasteiger partial charge in [-0.2, -0.15) is 0 Å². The molecular weight excluding hydrogens is 329 g/mol. The molecule has 1 aliphatic heterocycles. The third-order valence-electron chi connectivity index (χ3n) is 6.22. The number of amides is 1. The van der Waals surface area contributed by atoms with Gasteiger partial charge in [0.25, 0.3) is 0 Å². The lowest BCUT2D eigenvalue weighted by atomic mass is 9.80. The quantitative estimate of drug-likeness (QED) is 0.783. The fraction of sp³-hybridized carbons (Fsp3) is 0.682. The van der Waals surface area contributed by atoms with Crippen LogP contribution < -0.4 is 0 Å². The van der Waals surface area contributed by atoms with Gasteiger partial charge in [-0.3, -0.25) is 4.79 Å². The number of benzene rings is 1. The van der Waals surface area contributed by atoms with E-state index in [1.54, 1.807) is 19.2 Å². The molecule has 1 aromatic rings. The summed E-state index contributed by atoms with van der Waals surface area (Å²) in [4.78, 5) is 15.5. The Morgan fingerprint density at radius 2 is 1.85 bits per heavy atom. The Morgan fingerprint density at radius 1 is 1.15 bits per heavy atom. The Balaban J connectivity index is 1.82. The van der Waals surface area contributed by atoms with Gasteiger partial charge in [0.15, 0.2) is 0 Å². The zero-order valence-electron chi connectivity index (χ0n) is 16.6. The molecule has 0 aromatic heterocycles. The molecule has 0 spiro atoms. The number of hydrogen-bond acceptors (Lipinski definition) is 2. The summed E-state index contributed by atoms with van der Waals surface area (Å²) in [5.41, 5.74) is 2.22. The molecule has 1 amide bonds. The van der Waals surface area contributed by atoms with E-state index in [0.29, 0.717) is 12.6 Å². The van der Waals surface area contributed by atoms with E-state index in [1.165, 1.54) is 5.56 Å². The first-order valence-electron chi connectivity index (χ1n) is 9.90. The summed E-state index contributed by atoms with van der Waals surface area (Å²) in [6.07, 6.45) is 5.59. The largest absolute Gasteiger partial charge is 0.381 e. The van der Waals surface area contributed by atoms with Gasteiger partial charge in [0.2, 0.25) is 5.91 Å². The van der Waals surface area contributed by atoms with Crippen molar-refractivity contribution in [2.75, 3.05) is 13.7 Å². The van der Waals surface area contributed by atoms with Crippen LogP contribution in [0.4, 0.5) is 4.39 Å². The topological polar surface area (TPSA) is 29.5 Å². The van der Waals surface area contributed by atoms with E-state index < -0.39 is 0 Å². The van der Waals surface area contributed by atoms with Crippen LogP contribution in [-0.4, -0.2) is 36.6 Å². The fourth-order valence-corrected chi connectivity index (χ4v) is 4.56. The van der Waals surface area contributed by atoms with Crippen LogP contribution in [-0.2, 0) is 22.4 Å². The minimum absolute atomic E-state index is 0.0185. The molecule has 1 heterocycles. The molecule has 144 valence electrons. The Kier molecular flexibility index (Phi) is 5.71. The molecule has 0 bridgehead atoms. The van der Waals surface area contributed by atoms with Crippen molar-refractivity contribution < 1.29 is 13.9 Å². The molecule has 26 heavy (non-hydrogen) atoms. The van der Waals surface area contributed by atoms with Crippen LogP contribution in [0, 0.1) is 17.2 Å². The highest BCUT2D eigenvalue weighted by Gasteiger charge is 2.39. The van der Waals surface area contributed by atoms with Crippen LogP contribution in [0.25, 0.3) is 0 Å². The van der Waals surface area contributed by atoms with Crippen LogP contribution in [0.5, 0.6) is 0 Å². The number of hydrogen-bond donors (Lipinski definition) is 0. The Morgan fingerprint density at radius 3 is 2.46 bits per heavy atom. The van der Waals surface area contributed by atoms with Crippen molar-refractivity contribution in [1.29, 1.82) is 0 Å². The van der Waals surface area contributed by atoms with Crippen molar-refractivity contribution >= 4 is 5.91 Å². The number of methoxy groups -OCH3 is 1.